The number of benzene rings is 1. The van der Waals surface area contributed by atoms with Crippen LogP contribution in [0.2, 0.25) is 5.02 Å². The highest BCUT2D eigenvalue weighted by molar-refractivity contribution is 6.30. The number of nitrogens with one attached hydrogen (secondary N) is 2. The number of carbonyl (C=O) groups is 2. The van der Waals surface area contributed by atoms with Crippen LogP contribution in [0.15, 0.2) is 24.3 Å². The summed E-state index contributed by atoms with van der Waals surface area (Å²) in [4.78, 5) is 23.5. The van der Waals surface area contributed by atoms with Crippen LogP contribution >= 0.6 is 11.6 Å². The zero-order valence-electron chi connectivity index (χ0n) is 10.2. The predicted molar refractivity (Wildman–Crippen MR) is 70.4 cm³/mol. The number of hydrogen-bond acceptors (Lipinski definition) is 3. The molecular formula is C13H15ClN2O3. The maximum atomic E-state index is 11.9. The van der Waals surface area contributed by atoms with Crippen LogP contribution in [0.3, 0.4) is 0 Å². The van der Waals surface area contributed by atoms with Gasteiger partial charge in [0, 0.05) is 18.1 Å². The van der Waals surface area contributed by atoms with Crippen molar-refractivity contribution in [1.82, 2.24) is 10.6 Å². The lowest BCUT2D eigenvalue weighted by Crippen LogP contribution is -2.51. The Morgan fingerprint density at radius 2 is 2.11 bits per heavy atom. The lowest BCUT2D eigenvalue weighted by Gasteiger charge is -2.26. The zero-order chi connectivity index (χ0) is 13.8. The molecule has 6 heteroatoms. The number of piperidine rings is 1. The highest BCUT2D eigenvalue weighted by Gasteiger charge is 2.36. The summed E-state index contributed by atoms with van der Waals surface area (Å²) in [5, 5.41) is 15.5. The van der Waals surface area contributed by atoms with Crippen molar-refractivity contribution in [1.29, 1.82) is 0 Å². The zero-order valence-corrected chi connectivity index (χ0v) is 11.0. The van der Waals surface area contributed by atoms with Crippen molar-refractivity contribution in [2.45, 2.75) is 19.1 Å². The summed E-state index contributed by atoms with van der Waals surface area (Å²) in [6.45, 7) is 0.702. The van der Waals surface area contributed by atoms with Crippen LogP contribution in [0.25, 0.3) is 0 Å². The molecule has 0 bridgehead atoms. The van der Waals surface area contributed by atoms with Crippen LogP contribution in [0, 0.1) is 5.92 Å². The van der Waals surface area contributed by atoms with Crippen molar-refractivity contribution in [3.05, 3.63) is 34.9 Å². The molecule has 1 aromatic rings. The Labute approximate surface area is 116 Å². The van der Waals surface area contributed by atoms with E-state index in [0.29, 0.717) is 24.5 Å². The normalized spacial score (nSPS) is 22.7. The van der Waals surface area contributed by atoms with Crippen LogP contribution in [-0.2, 0) is 16.1 Å². The first-order chi connectivity index (χ1) is 9.08. The Morgan fingerprint density at radius 1 is 1.42 bits per heavy atom. The minimum absolute atomic E-state index is 0.298. The average Bonchev–Trinajstić information content (AvgIpc) is 2.38. The van der Waals surface area contributed by atoms with Crippen LogP contribution in [0.1, 0.15) is 12.0 Å². The summed E-state index contributed by atoms with van der Waals surface area (Å²) in [5.41, 5.74) is 0.878. The van der Waals surface area contributed by atoms with Gasteiger partial charge < -0.3 is 15.7 Å². The summed E-state index contributed by atoms with van der Waals surface area (Å²) < 4.78 is 0. The Bertz CT molecular complexity index is 475. The van der Waals surface area contributed by atoms with Crippen LogP contribution < -0.4 is 10.6 Å². The lowest BCUT2D eigenvalue weighted by molar-refractivity contribution is -0.142. The van der Waals surface area contributed by atoms with Crippen molar-refractivity contribution in [2.75, 3.05) is 6.54 Å². The van der Waals surface area contributed by atoms with Gasteiger partial charge in [-0.05, 0) is 24.1 Å². The third-order valence-corrected chi connectivity index (χ3v) is 3.32. The van der Waals surface area contributed by atoms with E-state index >= 15 is 0 Å². The van der Waals surface area contributed by atoms with E-state index in [-0.39, 0.29) is 0 Å². The molecule has 102 valence electrons. The summed E-state index contributed by atoms with van der Waals surface area (Å²) in [5.74, 6) is -1.91. The molecule has 2 amide bonds. The first-order valence-corrected chi connectivity index (χ1v) is 6.43. The number of aliphatic hydroxyl groups is 1. The van der Waals surface area contributed by atoms with Gasteiger partial charge in [0.15, 0.2) is 0 Å². The van der Waals surface area contributed by atoms with E-state index in [1.165, 1.54) is 0 Å². The average molecular weight is 283 g/mol. The second-order valence-electron chi connectivity index (χ2n) is 4.47. The quantitative estimate of drug-likeness (QED) is 0.705. The van der Waals surface area contributed by atoms with Crippen molar-refractivity contribution < 1.29 is 14.7 Å². The fraction of sp³-hybridized carbons (Fsp3) is 0.385. The lowest BCUT2D eigenvalue weighted by atomic mass is 9.94. The topological polar surface area (TPSA) is 78.4 Å². The van der Waals surface area contributed by atoms with Crippen molar-refractivity contribution in [3.8, 4) is 0 Å². The molecule has 1 aromatic carbocycles. The van der Waals surface area contributed by atoms with Gasteiger partial charge in [0.05, 0.1) is 6.10 Å². The van der Waals surface area contributed by atoms with E-state index in [9.17, 15) is 14.7 Å². The van der Waals surface area contributed by atoms with Crippen molar-refractivity contribution in [2.24, 2.45) is 5.92 Å². The highest BCUT2D eigenvalue weighted by Crippen LogP contribution is 2.13. The van der Waals surface area contributed by atoms with Gasteiger partial charge in [-0.15, -0.1) is 0 Å². The van der Waals surface area contributed by atoms with Gasteiger partial charge in [0.25, 0.3) is 0 Å². The number of rotatable bonds is 3. The number of amides is 2. The Kier molecular flexibility index (Phi) is 4.39. The van der Waals surface area contributed by atoms with Gasteiger partial charge >= 0.3 is 0 Å². The summed E-state index contributed by atoms with van der Waals surface area (Å²) in [7, 11) is 0. The van der Waals surface area contributed by atoms with Gasteiger partial charge in [0.2, 0.25) is 11.8 Å². The standard InChI is InChI=1S/C13H15ClN2O3/c14-9-3-1-8(2-4-9)7-16-13(19)11-10(17)5-6-15-12(11)18/h1-4,10-11,17H,5-7H2,(H,15,18)(H,16,19). The van der Waals surface area contributed by atoms with E-state index in [4.69, 9.17) is 11.6 Å². The van der Waals surface area contributed by atoms with Gasteiger partial charge in [-0.25, -0.2) is 0 Å². The molecule has 0 aromatic heterocycles. The monoisotopic (exact) mass is 282 g/mol. The minimum Gasteiger partial charge on any atom is -0.392 e. The largest absolute Gasteiger partial charge is 0.392 e. The minimum atomic E-state index is -1.03. The van der Waals surface area contributed by atoms with Crippen molar-refractivity contribution >= 4 is 23.4 Å². The van der Waals surface area contributed by atoms with E-state index < -0.39 is 23.8 Å². The molecule has 5 nitrogen and oxygen atoms in total. The first kappa shape index (κ1) is 13.8. The SMILES string of the molecule is O=C1NCCC(O)C1C(=O)NCc1ccc(Cl)cc1. The molecule has 1 fully saturated rings. The van der Waals surface area contributed by atoms with Crippen LogP contribution in [0.5, 0.6) is 0 Å². The molecule has 0 spiro atoms. The second kappa shape index (κ2) is 6.04. The molecule has 19 heavy (non-hydrogen) atoms. The predicted octanol–water partition coefficient (Wildman–Crippen LogP) is 0.453. The van der Waals surface area contributed by atoms with E-state index in [1.54, 1.807) is 24.3 Å². The summed E-state index contributed by atoms with van der Waals surface area (Å²) in [6.07, 6.45) is -0.524. The molecule has 2 atom stereocenters. The van der Waals surface area contributed by atoms with Crippen LogP contribution in [0.4, 0.5) is 0 Å². The molecule has 1 aliphatic heterocycles. The maximum Gasteiger partial charge on any atom is 0.235 e. The molecule has 3 N–H and O–H groups in total. The van der Waals surface area contributed by atoms with Crippen molar-refractivity contribution in [3.63, 3.8) is 0 Å². The van der Waals surface area contributed by atoms with E-state index in [0.717, 1.165) is 5.56 Å². The Balaban J connectivity index is 1.93. The maximum absolute atomic E-state index is 11.9. The van der Waals surface area contributed by atoms with E-state index in [1.807, 2.05) is 0 Å². The molecule has 2 unspecified atom stereocenters. The molecule has 1 saturated heterocycles. The Hall–Kier alpha value is -1.59. The highest BCUT2D eigenvalue weighted by atomic mass is 35.5. The smallest absolute Gasteiger partial charge is 0.235 e. The van der Waals surface area contributed by atoms with E-state index in [2.05, 4.69) is 10.6 Å². The second-order valence-corrected chi connectivity index (χ2v) is 4.91. The third-order valence-electron chi connectivity index (χ3n) is 3.07. The summed E-state index contributed by atoms with van der Waals surface area (Å²) >= 11 is 5.76. The molecule has 0 radical (unpaired) electrons. The van der Waals surface area contributed by atoms with Gasteiger partial charge in [-0.1, -0.05) is 23.7 Å². The number of aliphatic hydroxyl groups excluding tert-OH is 1. The fourth-order valence-corrected chi connectivity index (χ4v) is 2.12. The molecule has 1 heterocycles. The van der Waals surface area contributed by atoms with Gasteiger partial charge in [-0.3, -0.25) is 9.59 Å². The van der Waals surface area contributed by atoms with Gasteiger partial charge in [-0.2, -0.15) is 0 Å². The van der Waals surface area contributed by atoms with Gasteiger partial charge in [0.1, 0.15) is 5.92 Å². The molecule has 2 rings (SSSR count). The number of halogens is 1. The molecule has 0 saturated carbocycles. The number of hydrogen-bond donors (Lipinski definition) is 3. The summed E-state index contributed by atoms with van der Waals surface area (Å²) in [6, 6.07) is 7.04. The van der Waals surface area contributed by atoms with Crippen LogP contribution in [-0.4, -0.2) is 29.6 Å². The fourth-order valence-electron chi connectivity index (χ4n) is 1.99. The number of carbonyl (C=O) groups excluding carboxylic acids is 2. The molecule has 0 aliphatic carbocycles. The molecular weight excluding hydrogens is 268 g/mol. The third kappa shape index (κ3) is 3.45. The first-order valence-electron chi connectivity index (χ1n) is 6.06. The Morgan fingerprint density at radius 3 is 2.74 bits per heavy atom. The molecule has 1 aliphatic rings.